The van der Waals surface area contributed by atoms with Crippen molar-refractivity contribution in [2.45, 2.75) is 64.8 Å². The number of aryl methyl sites for hydroxylation is 1. The van der Waals surface area contributed by atoms with Crippen LogP contribution in [0.25, 0.3) is 11.0 Å². The van der Waals surface area contributed by atoms with E-state index in [4.69, 9.17) is 9.72 Å². The van der Waals surface area contributed by atoms with Crippen LogP contribution < -0.4 is 15.4 Å². The van der Waals surface area contributed by atoms with Gasteiger partial charge in [0.2, 0.25) is 5.95 Å². The van der Waals surface area contributed by atoms with Gasteiger partial charge in [-0.25, -0.2) is 9.97 Å². The zero-order chi connectivity index (χ0) is 25.3. The van der Waals surface area contributed by atoms with E-state index in [2.05, 4.69) is 57.8 Å². The average Bonchev–Trinajstić information content (AvgIpc) is 3.22. The van der Waals surface area contributed by atoms with Crippen molar-refractivity contribution < 1.29 is 4.74 Å². The molecular weight excluding hydrogens is 454 g/mol. The third-order valence-corrected chi connectivity index (χ3v) is 7.41. The highest BCUT2D eigenvalue weighted by molar-refractivity contribution is 5.79. The standard InChI is InChI=1S/C27H39N7O2/c1-27(2,3)24-22-23(32(4)31-24)25(35)30-26(29-22)34(17-19-8-6-5-7-9-19)18-20-10-11-28-21(16-20)33-12-14-36-15-13-33/h10-11,16,19H,5-9,12-15,17-18H2,1-4H3,(H,29,30,35). The molecule has 2 fully saturated rings. The predicted molar refractivity (Wildman–Crippen MR) is 143 cm³/mol. The van der Waals surface area contributed by atoms with Crippen LogP contribution in [0.1, 0.15) is 64.1 Å². The van der Waals surface area contributed by atoms with Gasteiger partial charge in [-0.3, -0.25) is 14.5 Å². The number of aromatic amines is 1. The summed E-state index contributed by atoms with van der Waals surface area (Å²) in [6.45, 7) is 11.0. The Hall–Kier alpha value is -2.94. The number of ether oxygens (including phenoxy) is 1. The Labute approximate surface area is 212 Å². The van der Waals surface area contributed by atoms with E-state index in [1.165, 1.54) is 32.1 Å². The van der Waals surface area contributed by atoms with Crippen LogP contribution in [0.3, 0.4) is 0 Å². The third kappa shape index (κ3) is 5.26. The van der Waals surface area contributed by atoms with Crippen LogP contribution in [0.15, 0.2) is 23.1 Å². The van der Waals surface area contributed by atoms with Crippen LogP contribution in [0, 0.1) is 5.92 Å². The molecule has 0 spiro atoms. The second kappa shape index (κ2) is 10.2. The van der Waals surface area contributed by atoms with Crippen LogP contribution in [-0.2, 0) is 23.7 Å². The molecule has 1 N–H and O–H groups in total. The maximum Gasteiger partial charge on any atom is 0.278 e. The van der Waals surface area contributed by atoms with E-state index in [0.717, 1.165) is 49.9 Å². The Kier molecular flexibility index (Phi) is 7.01. The zero-order valence-corrected chi connectivity index (χ0v) is 22.1. The summed E-state index contributed by atoms with van der Waals surface area (Å²) in [7, 11) is 1.82. The number of pyridine rings is 1. The summed E-state index contributed by atoms with van der Waals surface area (Å²) in [5.74, 6) is 2.20. The minimum absolute atomic E-state index is 0.141. The van der Waals surface area contributed by atoms with Crippen molar-refractivity contribution in [1.29, 1.82) is 0 Å². The molecular formula is C27H39N7O2. The Balaban J connectivity index is 1.51. The second-order valence-electron chi connectivity index (χ2n) is 11.3. The van der Waals surface area contributed by atoms with E-state index >= 15 is 0 Å². The highest BCUT2D eigenvalue weighted by Gasteiger charge is 2.27. The number of hydrogen-bond donors (Lipinski definition) is 1. The number of rotatable bonds is 6. The van der Waals surface area contributed by atoms with Crippen molar-refractivity contribution >= 4 is 22.8 Å². The van der Waals surface area contributed by atoms with Gasteiger partial charge in [0.15, 0.2) is 5.52 Å². The lowest BCUT2D eigenvalue weighted by Crippen LogP contribution is -2.37. The number of morpholine rings is 1. The topological polar surface area (TPSA) is 92.2 Å². The zero-order valence-electron chi connectivity index (χ0n) is 22.1. The smallest absolute Gasteiger partial charge is 0.278 e. The van der Waals surface area contributed by atoms with Gasteiger partial charge in [-0.15, -0.1) is 0 Å². The Morgan fingerprint density at radius 2 is 1.92 bits per heavy atom. The summed E-state index contributed by atoms with van der Waals surface area (Å²) in [5.41, 5.74) is 2.87. The van der Waals surface area contributed by atoms with E-state index < -0.39 is 0 Å². The van der Waals surface area contributed by atoms with Gasteiger partial charge in [-0.1, -0.05) is 40.0 Å². The average molecular weight is 494 g/mol. The molecule has 0 radical (unpaired) electrons. The molecule has 3 aromatic heterocycles. The SMILES string of the molecule is Cn1nc(C(C)(C)C)c2nc(N(Cc3ccnc(N4CCOCC4)c3)CC3CCCCC3)[nH]c(=O)c21. The second-order valence-corrected chi connectivity index (χ2v) is 11.3. The normalized spacial score (nSPS) is 17.6. The van der Waals surface area contributed by atoms with Crippen molar-refractivity contribution in [2.75, 3.05) is 42.6 Å². The molecule has 9 nitrogen and oxygen atoms in total. The van der Waals surface area contributed by atoms with Gasteiger partial charge < -0.3 is 14.5 Å². The van der Waals surface area contributed by atoms with Crippen molar-refractivity contribution in [1.82, 2.24) is 24.7 Å². The minimum Gasteiger partial charge on any atom is -0.378 e. The summed E-state index contributed by atoms with van der Waals surface area (Å²) >= 11 is 0. The molecule has 0 aromatic carbocycles. The van der Waals surface area contributed by atoms with Gasteiger partial charge in [0.1, 0.15) is 11.3 Å². The largest absolute Gasteiger partial charge is 0.378 e. The number of hydrogen-bond acceptors (Lipinski definition) is 7. The van der Waals surface area contributed by atoms with E-state index in [-0.39, 0.29) is 11.0 Å². The molecule has 3 aromatic rings. The molecule has 0 bridgehead atoms. The molecule has 36 heavy (non-hydrogen) atoms. The quantitative estimate of drug-likeness (QED) is 0.559. The molecule has 194 valence electrons. The van der Waals surface area contributed by atoms with E-state index in [0.29, 0.717) is 29.4 Å². The summed E-state index contributed by atoms with van der Waals surface area (Å²) in [6.07, 6.45) is 8.19. The molecule has 9 heteroatoms. The first kappa shape index (κ1) is 24.7. The van der Waals surface area contributed by atoms with Crippen molar-refractivity contribution in [3.63, 3.8) is 0 Å². The molecule has 1 saturated heterocycles. The van der Waals surface area contributed by atoms with Crippen LogP contribution in [0.2, 0.25) is 0 Å². The third-order valence-electron chi connectivity index (χ3n) is 7.41. The van der Waals surface area contributed by atoms with Gasteiger partial charge in [0, 0.05) is 44.8 Å². The fraction of sp³-hybridized carbons (Fsp3) is 0.630. The van der Waals surface area contributed by atoms with Crippen LogP contribution in [-0.4, -0.2) is 57.6 Å². The van der Waals surface area contributed by atoms with Crippen molar-refractivity contribution in [3.05, 3.63) is 39.9 Å². The molecule has 4 heterocycles. The molecule has 1 aliphatic carbocycles. The number of anilines is 2. The lowest BCUT2D eigenvalue weighted by Gasteiger charge is -2.31. The van der Waals surface area contributed by atoms with Crippen LogP contribution >= 0.6 is 0 Å². The Morgan fingerprint density at radius 1 is 1.17 bits per heavy atom. The highest BCUT2D eigenvalue weighted by atomic mass is 16.5. The van der Waals surface area contributed by atoms with Crippen LogP contribution in [0.4, 0.5) is 11.8 Å². The van der Waals surface area contributed by atoms with Crippen molar-refractivity contribution in [3.8, 4) is 0 Å². The van der Waals surface area contributed by atoms with Gasteiger partial charge in [-0.2, -0.15) is 5.10 Å². The first-order valence-corrected chi connectivity index (χ1v) is 13.3. The number of fused-ring (bicyclic) bond motifs is 1. The maximum atomic E-state index is 13.3. The monoisotopic (exact) mass is 493 g/mol. The summed E-state index contributed by atoms with van der Waals surface area (Å²) in [4.78, 5) is 30.6. The summed E-state index contributed by atoms with van der Waals surface area (Å²) in [5, 5.41) is 4.68. The van der Waals surface area contributed by atoms with Gasteiger partial charge >= 0.3 is 0 Å². The maximum absolute atomic E-state index is 13.3. The first-order valence-electron chi connectivity index (χ1n) is 13.3. The molecule has 1 aliphatic heterocycles. The molecule has 0 amide bonds. The summed E-state index contributed by atoms with van der Waals surface area (Å²) in [6, 6.07) is 4.24. The Morgan fingerprint density at radius 3 is 2.64 bits per heavy atom. The van der Waals surface area contributed by atoms with Gasteiger partial charge in [-0.05, 0) is 36.5 Å². The van der Waals surface area contributed by atoms with E-state index in [1.807, 2.05) is 13.2 Å². The number of nitrogens with one attached hydrogen (secondary N) is 1. The molecule has 0 unspecified atom stereocenters. The lowest BCUT2D eigenvalue weighted by atomic mass is 9.89. The number of H-pyrrole nitrogens is 1. The fourth-order valence-corrected chi connectivity index (χ4v) is 5.47. The summed E-state index contributed by atoms with van der Waals surface area (Å²) < 4.78 is 7.17. The van der Waals surface area contributed by atoms with Crippen LogP contribution in [0.5, 0.6) is 0 Å². The molecule has 1 saturated carbocycles. The molecule has 5 rings (SSSR count). The number of nitrogens with zero attached hydrogens (tertiary/aromatic N) is 6. The Bertz CT molecular complexity index is 1250. The minimum atomic E-state index is -0.218. The molecule has 0 atom stereocenters. The lowest BCUT2D eigenvalue weighted by molar-refractivity contribution is 0.122. The predicted octanol–water partition coefficient (Wildman–Crippen LogP) is 3.77. The number of aromatic nitrogens is 5. The van der Waals surface area contributed by atoms with Gasteiger partial charge in [0.05, 0.1) is 18.9 Å². The van der Waals surface area contributed by atoms with Gasteiger partial charge in [0.25, 0.3) is 5.56 Å². The first-order chi connectivity index (χ1) is 17.3. The van der Waals surface area contributed by atoms with Crippen molar-refractivity contribution in [2.24, 2.45) is 13.0 Å². The van der Waals surface area contributed by atoms with E-state index in [1.54, 1.807) is 4.68 Å². The highest BCUT2D eigenvalue weighted by Crippen LogP contribution is 2.29. The van der Waals surface area contributed by atoms with E-state index in [9.17, 15) is 4.79 Å². The fourth-order valence-electron chi connectivity index (χ4n) is 5.47. The molecule has 2 aliphatic rings.